The van der Waals surface area contributed by atoms with E-state index in [1.807, 2.05) is 12.3 Å². The molecule has 1 unspecified atom stereocenters. The van der Waals surface area contributed by atoms with E-state index in [-0.39, 0.29) is 11.8 Å². The Morgan fingerprint density at radius 3 is 2.72 bits per heavy atom. The molecule has 1 saturated heterocycles. The van der Waals surface area contributed by atoms with Gasteiger partial charge in [-0.15, -0.1) is 0 Å². The molecule has 1 aliphatic rings. The predicted molar refractivity (Wildman–Crippen MR) is 120 cm³/mol. The maximum absolute atomic E-state index is 11.4. The van der Waals surface area contributed by atoms with Crippen LogP contribution in [-0.2, 0) is 11.3 Å². The van der Waals surface area contributed by atoms with Crippen molar-refractivity contribution in [3.8, 4) is 0 Å². The molecule has 1 fully saturated rings. The van der Waals surface area contributed by atoms with Gasteiger partial charge in [-0.3, -0.25) is 9.79 Å². The lowest BCUT2D eigenvalue weighted by Crippen LogP contribution is -2.41. The fourth-order valence-corrected chi connectivity index (χ4v) is 3.81. The molecule has 2 rings (SSSR count). The van der Waals surface area contributed by atoms with E-state index >= 15 is 0 Å². The van der Waals surface area contributed by atoms with E-state index in [1.165, 1.54) is 25.7 Å². The number of piperidine rings is 1. The Hall–Kier alpha value is -2.31. The highest BCUT2D eigenvalue weighted by molar-refractivity contribution is 5.79. The average molecular weight is 403 g/mol. The number of nitrogens with zero attached hydrogens (tertiary/aromatic N) is 3. The normalized spacial score (nSPS) is 16.5. The standard InChI is InChI=1S/C22H38N6O/c1-4-6-8-17(5-2)15-26-22(24-3)27-16-19-9-7-12-25-21(19)28-13-10-18(11-14-28)20(23)29/h7,9,12,17-18H,4-6,8,10-11,13-16H2,1-3H3,(H2,23,29)(H2,24,26,27). The van der Waals surface area contributed by atoms with Gasteiger partial charge in [-0.2, -0.15) is 0 Å². The first kappa shape index (κ1) is 23.0. The maximum Gasteiger partial charge on any atom is 0.220 e. The minimum atomic E-state index is -0.188. The number of hydrogen-bond acceptors (Lipinski definition) is 4. The minimum Gasteiger partial charge on any atom is -0.369 e. The van der Waals surface area contributed by atoms with E-state index in [4.69, 9.17) is 5.73 Å². The second-order valence-electron chi connectivity index (χ2n) is 7.87. The van der Waals surface area contributed by atoms with Crippen molar-refractivity contribution in [2.45, 2.75) is 58.9 Å². The number of unbranched alkanes of at least 4 members (excludes halogenated alkanes) is 1. The zero-order valence-electron chi connectivity index (χ0n) is 18.3. The number of carbonyl (C=O) groups excluding carboxylic acids is 1. The Morgan fingerprint density at radius 2 is 2.10 bits per heavy atom. The number of primary amides is 1. The molecule has 29 heavy (non-hydrogen) atoms. The van der Waals surface area contributed by atoms with Crippen LogP contribution in [0.25, 0.3) is 0 Å². The number of hydrogen-bond donors (Lipinski definition) is 3. The highest BCUT2D eigenvalue weighted by Crippen LogP contribution is 2.24. The topological polar surface area (TPSA) is 95.6 Å². The van der Waals surface area contributed by atoms with Crippen LogP contribution in [0.4, 0.5) is 5.82 Å². The van der Waals surface area contributed by atoms with E-state index < -0.39 is 0 Å². The third kappa shape index (κ3) is 7.22. The molecule has 1 amide bonds. The molecule has 0 aromatic carbocycles. The Morgan fingerprint density at radius 1 is 1.34 bits per heavy atom. The number of guanidine groups is 1. The number of rotatable bonds is 10. The first-order chi connectivity index (χ1) is 14.1. The number of carbonyl (C=O) groups is 1. The number of pyridine rings is 1. The monoisotopic (exact) mass is 402 g/mol. The van der Waals surface area contributed by atoms with Gasteiger partial charge < -0.3 is 21.3 Å². The molecule has 7 nitrogen and oxygen atoms in total. The summed E-state index contributed by atoms with van der Waals surface area (Å²) in [5.74, 6) is 2.27. The molecular weight excluding hydrogens is 364 g/mol. The van der Waals surface area contributed by atoms with Gasteiger partial charge in [0.2, 0.25) is 5.91 Å². The predicted octanol–water partition coefficient (Wildman–Crippen LogP) is 2.66. The van der Waals surface area contributed by atoms with Crippen molar-refractivity contribution < 1.29 is 4.79 Å². The first-order valence-corrected chi connectivity index (χ1v) is 11.0. The van der Waals surface area contributed by atoms with Crippen LogP contribution in [0.5, 0.6) is 0 Å². The van der Waals surface area contributed by atoms with Gasteiger partial charge in [0, 0.05) is 50.9 Å². The molecule has 0 aliphatic carbocycles. The maximum atomic E-state index is 11.4. The molecule has 1 aromatic heterocycles. The van der Waals surface area contributed by atoms with Crippen LogP contribution in [0.15, 0.2) is 23.3 Å². The third-order valence-corrected chi connectivity index (χ3v) is 5.84. The molecule has 1 aliphatic heterocycles. The van der Waals surface area contributed by atoms with Crippen LogP contribution in [0.3, 0.4) is 0 Å². The summed E-state index contributed by atoms with van der Waals surface area (Å²) in [6.07, 6.45) is 8.35. The van der Waals surface area contributed by atoms with Gasteiger partial charge in [0.1, 0.15) is 5.82 Å². The smallest absolute Gasteiger partial charge is 0.220 e. The summed E-state index contributed by atoms with van der Waals surface area (Å²) in [4.78, 5) is 22.7. The fourth-order valence-electron chi connectivity index (χ4n) is 3.81. The lowest BCUT2D eigenvalue weighted by Gasteiger charge is -2.32. The summed E-state index contributed by atoms with van der Waals surface area (Å²) in [5, 5.41) is 6.90. The van der Waals surface area contributed by atoms with E-state index in [9.17, 15) is 4.79 Å². The Balaban J connectivity index is 1.90. The quantitative estimate of drug-likeness (QED) is 0.413. The van der Waals surface area contributed by atoms with Crippen molar-refractivity contribution in [3.63, 3.8) is 0 Å². The molecule has 162 valence electrons. The SMILES string of the molecule is CCCCC(CC)CNC(=NC)NCc1cccnc1N1CCC(C(N)=O)CC1. The summed E-state index contributed by atoms with van der Waals surface area (Å²) >= 11 is 0. The minimum absolute atomic E-state index is 0.0150. The van der Waals surface area contributed by atoms with Crippen molar-refractivity contribution in [1.29, 1.82) is 0 Å². The van der Waals surface area contributed by atoms with Crippen LogP contribution < -0.4 is 21.3 Å². The van der Waals surface area contributed by atoms with Gasteiger partial charge in [0.05, 0.1) is 0 Å². The van der Waals surface area contributed by atoms with Crippen LogP contribution in [0.2, 0.25) is 0 Å². The number of anilines is 1. The summed E-state index contributed by atoms with van der Waals surface area (Å²) in [5.41, 5.74) is 6.59. The van der Waals surface area contributed by atoms with Crippen molar-refractivity contribution >= 4 is 17.7 Å². The molecule has 4 N–H and O–H groups in total. The number of nitrogens with one attached hydrogen (secondary N) is 2. The summed E-state index contributed by atoms with van der Waals surface area (Å²) < 4.78 is 0. The number of aromatic nitrogens is 1. The largest absolute Gasteiger partial charge is 0.369 e. The fraction of sp³-hybridized carbons (Fsp3) is 0.682. The molecular formula is C22H38N6O. The molecule has 1 aromatic rings. The average Bonchev–Trinajstić information content (AvgIpc) is 2.76. The van der Waals surface area contributed by atoms with Gasteiger partial charge in [-0.1, -0.05) is 39.2 Å². The molecule has 0 bridgehead atoms. The van der Waals surface area contributed by atoms with Crippen LogP contribution in [0.1, 0.15) is 57.9 Å². The van der Waals surface area contributed by atoms with Crippen LogP contribution >= 0.6 is 0 Å². The Kier molecular flexibility index (Phi) is 9.74. The molecule has 7 heteroatoms. The van der Waals surface area contributed by atoms with E-state index in [0.29, 0.717) is 12.5 Å². The third-order valence-electron chi connectivity index (χ3n) is 5.84. The van der Waals surface area contributed by atoms with Crippen molar-refractivity contribution in [2.75, 3.05) is 31.6 Å². The first-order valence-electron chi connectivity index (χ1n) is 11.0. The summed E-state index contributed by atoms with van der Waals surface area (Å²) in [6, 6.07) is 4.06. The molecule has 2 heterocycles. The van der Waals surface area contributed by atoms with Crippen LogP contribution in [0, 0.1) is 11.8 Å². The Labute approximate surface area is 175 Å². The van der Waals surface area contributed by atoms with Crippen molar-refractivity contribution in [1.82, 2.24) is 15.6 Å². The van der Waals surface area contributed by atoms with E-state index in [1.54, 1.807) is 7.05 Å². The van der Waals surface area contributed by atoms with E-state index in [0.717, 1.165) is 49.8 Å². The van der Waals surface area contributed by atoms with E-state index in [2.05, 4.69) is 45.4 Å². The zero-order chi connectivity index (χ0) is 21.1. The zero-order valence-corrected chi connectivity index (χ0v) is 18.3. The summed E-state index contributed by atoms with van der Waals surface area (Å²) in [7, 11) is 1.81. The lowest BCUT2D eigenvalue weighted by molar-refractivity contribution is -0.122. The number of amides is 1. The molecule has 1 atom stereocenters. The van der Waals surface area contributed by atoms with Gasteiger partial charge in [0.15, 0.2) is 5.96 Å². The van der Waals surface area contributed by atoms with Crippen molar-refractivity contribution in [3.05, 3.63) is 23.9 Å². The molecule has 0 spiro atoms. The highest BCUT2D eigenvalue weighted by atomic mass is 16.1. The van der Waals surface area contributed by atoms with Crippen LogP contribution in [-0.4, -0.2) is 43.5 Å². The number of aliphatic imine (C=N–C) groups is 1. The molecule has 0 radical (unpaired) electrons. The Bertz CT molecular complexity index is 654. The lowest BCUT2D eigenvalue weighted by atomic mass is 9.96. The van der Waals surface area contributed by atoms with Gasteiger partial charge in [-0.25, -0.2) is 4.98 Å². The van der Waals surface area contributed by atoms with Crippen molar-refractivity contribution in [2.24, 2.45) is 22.6 Å². The van der Waals surface area contributed by atoms with Gasteiger partial charge >= 0.3 is 0 Å². The second kappa shape index (κ2) is 12.3. The van der Waals surface area contributed by atoms with Gasteiger partial charge in [0.25, 0.3) is 0 Å². The highest BCUT2D eigenvalue weighted by Gasteiger charge is 2.25. The molecule has 0 saturated carbocycles. The summed E-state index contributed by atoms with van der Waals surface area (Å²) in [6.45, 7) is 7.70. The number of nitrogens with two attached hydrogens (primary N) is 1. The van der Waals surface area contributed by atoms with Gasteiger partial charge in [-0.05, 0) is 31.2 Å². The second-order valence-corrected chi connectivity index (χ2v) is 7.87.